The lowest BCUT2D eigenvalue weighted by molar-refractivity contribution is 0.0649. The summed E-state index contributed by atoms with van der Waals surface area (Å²) in [7, 11) is 1.48. The molecule has 0 bridgehead atoms. The van der Waals surface area contributed by atoms with Gasteiger partial charge in [0.2, 0.25) is 5.75 Å². The molecule has 0 radical (unpaired) electrons. The summed E-state index contributed by atoms with van der Waals surface area (Å²) in [6.07, 6.45) is 5.34. The van der Waals surface area contributed by atoms with E-state index in [1.807, 2.05) is 9.80 Å². The van der Waals surface area contributed by atoms with Gasteiger partial charge in [0.25, 0.3) is 0 Å². The van der Waals surface area contributed by atoms with Crippen LogP contribution in [0.25, 0.3) is 16.5 Å². The van der Waals surface area contributed by atoms with Crippen LogP contribution in [0, 0.1) is 5.82 Å². The molecular weight excluding hydrogens is 549 g/mol. The van der Waals surface area contributed by atoms with Gasteiger partial charge < -0.3 is 29.4 Å². The number of nitrogens with two attached hydrogens (primary N) is 1. The molecule has 2 aliphatic heterocycles. The Morgan fingerprint density at radius 3 is 2.54 bits per heavy atom. The summed E-state index contributed by atoms with van der Waals surface area (Å²) >= 11 is 6.26. The van der Waals surface area contributed by atoms with Gasteiger partial charge in [0.1, 0.15) is 17.7 Å². The van der Waals surface area contributed by atoms with Crippen molar-refractivity contribution in [2.24, 2.45) is 0 Å². The molecule has 9 nitrogen and oxygen atoms in total. The first kappa shape index (κ1) is 29.0. The van der Waals surface area contributed by atoms with Crippen LogP contribution in [0.5, 0.6) is 11.5 Å². The van der Waals surface area contributed by atoms with Gasteiger partial charge in [0.15, 0.2) is 11.4 Å². The molecule has 1 fully saturated rings. The average Bonchev–Trinajstić information content (AvgIpc) is 3.39. The fraction of sp³-hybridized carbons (Fsp3) is 0.467. The number of urea groups is 1. The SMILES string of the molecule is COc1ccc(F)c(Cl)c1[C@@H](C)Oc1c(N)ncc2c(C3=CCN(C(=O)N4CCN(C(C)(C)C)CC4)CC3)coc12. The van der Waals surface area contributed by atoms with Crippen LogP contribution < -0.4 is 15.2 Å². The number of amides is 2. The third kappa shape index (κ3) is 5.67. The predicted molar refractivity (Wildman–Crippen MR) is 158 cm³/mol. The number of ether oxygens (including phenoxy) is 2. The summed E-state index contributed by atoms with van der Waals surface area (Å²) in [5, 5.41) is 0.654. The maximum Gasteiger partial charge on any atom is 0.320 e. The molecule has 1 saturated heterocycles. The van der Waals surface area contributed by atoms with E-state index >= 15 is 0 Å². The number of furan rings is 1. The van der Waals surface area contributed by atoms with Crippen molar-refractivity contribution in [1.29, 1.82) is 0 Å². The van der Waals surface area contributed by atoms with E-state index in [1.54, 1.807) is 19.4 Å². The third-order valence-electron chi connectivity index (χ3n) is 7.94. The van der Waals surface area contributed by atoms with E-state index < -0.39 is 11.9 Å². The number of fused-ring (bicyclic) bond motifs is 1. The monoisotopic (exact) mass is 585 g/mol. The molecule has 2 N–H and O–H groups in total. The number of carbonyl (C=O) groups is 1. The standard InChI is InChI=1S/C30H37ClFN5O4/c1-18(24-23(39-5)7-6-22(32)25(24)31)41-27-26-20(16-34-28(27)33)21(17-40-26)19-8-10-35(11-9-19)29(38)36-12-14-37(15-13-36)30(2,3)4/h6-8,16-18H,9-15H2,1-5H3,(H2,33,34)/t18-/m1/s1. The highest BCUT2D eigenvalue weighted by Crippen LogP contribution is 2.42. The van der Waals surface area contributed by atoms with E-state index in [4.69, 9.17) is 31.2 Å². The summed E-state index contributed by atoms with van der Waals surface area (Å²) < 4.78 is 31.7. The third-order valence-corrected chi connectivity index (χ3v) is 8.32. The number of piperazine rings is 1. The van der Waals surface area contributed by atoms with Crippen molar-refractivity contribution < 1.29 is 23.1 Å². The highest BCUT2D eigenvalue weighted by atomic mass is 35.5. The van der Waals surface area contributed by atoms with Crippen molar-refractivity contribution in [3.05, 3.63) is 52.6 Å². The summed E-state index contributed by atoms with van der Waals surface area (Å²) in [4.78, 5) is 23.8. The van der Waals surface area contributed by atoms with Gasteiger partial charge in [-0.1, -0.05) is 17.7 Å². The fourth-order valence-electron chi connectivity index (χ4n) is 5.54. The predicted octanol–water partition coefficient (Wildman–Crippen LogP) is 5.98. The van der Waals surface area contributed by atoms with Crippen molar-refractivity contribution >= 4 is 40.0 Å². The number of pyridine rings is 1. The summed E-state index contributed by atoms with van der Waals surface area (Å²) in [5.74, 6) is 0.195. The highest BCUT2D eigenvalue weighted by molar-refractivity contribution is 6.31. The van der Waals surface area contributed by atoms with Gasteiger partial charge in [-0.3, -0.25) is 4.90 Å². The van der Waals surface area contributed by atoms with E-state index in [2.05, 4.69) is 36.7 Å². The number of carbonyl (C=O) groups excluding carboxylic acids is 1. The van der Waals surface area contributed by atoms with Gasteiger partial charge in [-0.2, -0.15) is 0 Å². The minimum Gasteiger partial charge on any atom is -0.496 e. The van der Waals surface area contributed by atoms with Crippen LogP contribution in [0.2, 0.25) is 5.02 Å². The Hall–Kier alpha value is -3.50. The molecule has 11 heteroatoms. The van der Waals surface area contributed by atoms with E-state index in [1.165, 1.54) is 19.2 Å². The molecule has 2 aliphatic rings. The van der Waals surface area contributed by atoms with Gasteiger partial charge in [-0.25, -0.2) is 14.2 Å². The molecule has 41 heavy (non-hydrogen) atoms. The van der Waals surface area contributed by atoms with Crippen molar-refractivity contribution in [2.45, 2.75) is 45.8 Å². The second kappa shape index (κ2) is 11.4. The zero-order chi connectivity index (χ0) is 29.5. The van der Waals surface area contributed by atoms with Crippen LogP contribution in [0.4, 0.5) is 15.0 Å². The van der Waals surface area contributed by atoms with Crippen LogP contribution in [-0.2, 0) is 0 Å². The van der Waals surface area contributed by atoms with Crippen LogP contribution in [0.1, 0.15) is 51.3 Å². The van der Waals surface area contributed by atoms with Gasteiger partial charge in [-0.05, 0) is 51.8 Å². The molecular formula is C30H37ClFN5O4. The number of rotatable bonds is 5. The molecule has 2 amide bonds. The van der Waals surface area contributed by atoms with Crippen LogP contribution >= 0.6 is 11.6 Å². The minimum atomic E-state index is -0.713. The van der Waals surface area contributed by atoms with Gasteiger partial charge >= 0.3 is 6.03 Å². The number of hydrogen-bond acceptors (Lipinski definition) is 7. The van der Waals surface area contributed by atoms with Crippen molar-refractivity contribution in [1.82, 2.24) is 19.7 Å². The van der Waals surface area contributed by atoms with Gasteiger partial charge in [0, 0.05) is 56.6 Å². The van der Waals surface area contributed by atoms with E-state index in [0.717, 1.165) is 42.7 Å². The number of nitrogens with zero attached hydrogens (tertiary/aromatic N) is 4. The molecule has 0 spiro atoms. The average molecular weight is 586 g/mol. The summed E-state index contributed by atoms with van der Waals surface area (Å²) in [5.41, 5.74) is 9.02. The van der Waals surface area contributed by atoms with Gasteiger partial charge in [0.05, 0.1) is 29.3 Å². The number of methoxy groups -OCH3 is 1. The normalized spacial score (nSPS) is 17.5. The smallest absolute Gasteiger partial charge is 0.320 e. The molecule has 1 aromatic carbocycles. The largest absolute Gasteiger partial charge is 0.496 e. The maximum atomic E-state index is 14.2. The molecule has 1 atom stereocenters. The molecule has 5 rings (SSSR count). The molecule has 2 aromatic heterocycles. The van der Waals surface area contributed by atoms with Crippen molar-refractivity contribution in [2.75, 3.05) is 52.1 Å². The molecule has 4 heterocycles. The molecule has 0 unspecified atom stereocenters. The minimum absolute atomic E-state index is 0.0801. The lowest BCUT2D eigenvalue weighted by Crippen LogP contribution is -2.57. The number of nitrogen functional groups attached to an aromatic ring is 1. The Bertz CT molecular complexity index is 1480. The number of benzene rings is 1. The molecule has 220 valence electrons. The highest BCUT2D eigenvalue weighted by Gasteiger charge is 2.31. The van der Waals surface area contributed by atoms with E-state index in [9.17, 15) is 9.18 Å². The van der Waals surface area contributed by atoms with Crippen LogP contribution in [0.3, 0.4) is 0 Å². The summed E-state index contributed by atoms with van der Waals surface area (Å²) in [6.45, 7) is 12.7. The zero-order valence-electron chi connectivity index (χ0n) is 24.2. The number of aromatic nitrogens is 1. The first-order valence-electron chi connectivity index (χ1n) is 13.8. The Balaban J connectivity index is 1.32. The first-order valence-corrected chi connectivity index (χ1v) is 14.2. The maximum absolute atomic E-state index is 14.2. The lowest BCUT2D eigenvalue weighted by Gasteiger charge is -2.43. The molecule has 0 aliphatic carbocycles. The Morgan fingerprint density at radius 2 is 1.90 bits per heavy atom. The number of halogens is 2. The van der Waals surface area contributed by atoms with E-state index in [-0.39, 0.29) is 28.2 Å². The second-order valence-corrected chi connectivity index (χ2v) is 11.8. The van der Waals surface area contributed by atoms with Crippen molar-refractivity contribution in [3.63, 3.8) is 0 Å². The van der Waals surface area contributed by atoms with Crippen LogP contribution in [-0.4, -0.2) is 77.6 Å². The fourth-order valence-corrected chi connectivity index (χ4v) is 5.85. The number of anilines is 1. The van der Waals surface area contributed by atoms with E-state index in [0.29, 0.717) is 36.4 Å². The number of hydrogen-bond donors (Lipinski definition) is 1. The molecule has 3 aromatic rings. The topological polar surface area (TPSA) is 97.3 Å². The summed E-state index contributed by atoms with van der Waals surface area (Å²) in [6, 6.07) is 2.82. The lowest BCUT2D eigenvalue weighted by atomic mass is 9.99. The molecule has 0 saturated carbocycles. The zero-order valence-corrected chi connectivity index (χ0v) is 24.9. The van der Waals surface area contributed by atoms with Crippen LogP contribution in [0.15, 0.2) is 35.1 Å². The Morgan fingerprint density at radius 1 is 1.17 bits per heavy atom. The first-order chi connectivity index (χ1) is 19.5. The Kier molecular flexibility index (Phi) is 8.07. The van der Waals surface area contributed by atoms with Crippen molar-refractivity contribution in [3.8, 4) is 11.5 Å². The van der Waals surface area contributed by atoms with Gasteiger partial charge in [-0.15, -0.1) is 0 Å². The quantitative estimate of drug-likeness (QED) is 0.393. The second-order valence-electron chi connectivity index (χ2n) is 11.5. The Labute approximate surface area is 244 Å².